The molecular formula is C15H19ClN2O3. The van der Waals surface area contributed by atoms with Crippen molar-refractivity contribution in [2.24, 2.45) is 5.92 Å². The number of carbonyl (C=O) groups excluding carboxylic acids is 1. The molecule has 1 amide bonds. The largest absolute Gasteiger partial charge is 0.480 e. The van der Waals surface area contributed by atoms with Crippen LogP contribution in [-0.2, 0) is 16.0 Å². The summed E-state index contributed by atoms with van der Waals surface area (Å²) in [5, 5.41) is 12.3. The Bertz CT molecular complexity index is 498. The summed E-state index contributed by atoms with van der Waals surface area (Å²) in [6, 6.07) is 2.40. The number of carboxylic acids is 1. The number of hydrogen-bond acceptors (Lipinski definition) is 3. The minimum Gasteiger partial charge on any atom is -0.480 e. The lowest BCUT2D eigenvalue weighted by atomic mass is 9.88. The normalized spacial score (nSPS) is 17.2. The molecule has 1 heterocycles. The number of amides is 1. The summed E-state index contributed by atoms with van der Waals surface area (Å²) < 4.78 is 0. The van der Waals surface area contributed by atoms with Gasteiger partial charge in [-0.2, -0.15) is 0 Å². The smallest absolute Gasteiger partial charge is 0.326 e. The van der Waals surface area contributed by atoms with E-state index < -0.39 is 12.0 Å². The van der Waals surface area contributed by atoms with E-state index in [9.17, 15) is 14.7 Å². The molecule has 0 unspecified atom stereocenters. The van der Waals surface area contributed by atoms with Crippen LogP contribution in [0.3, 0.4) is 0 Å². The van der Waals surface area contributed by atoms with Crippen molar-refractivity contribution in [3.63, 3.8) is 0 Å². The molecule has 0 aromatic carbocycles. The van der Waals surface area contributed by atoms with Crippen LogP contribution >= 0.6 is 11.6 Å². The Balaban J connectivity index is 1.96. The molecule has 1 aliphatic carbocycles. The SMILES string of the molecule is O=C(N[C@@H](Cc1ccc(Cl)nc1)C(=O)O)C1CCCCC1. The van der Waals surface area contributed by atoms with E-state index in [1.165, 1.54) is 6.20 Å². The van der Waals surface area contributed by atoms with Crippen LogP contribution in [0.1, 0.15) is 37.7 Å². The maximum Gasteiger partial charge on any atom is 0.326 e. The highest BCUT2D eigenvalue weighted by Crippen LogP contribution is 2.23. The monoisotopic (exact) mass is 310 g/mol. The van der Waals surface area contributed by atoms with Crippen molar-refractivity contribution in [3.05, 3.63) is 29.0 Å². The van der Waals surface area contributed by atoms with Crippen LogP contribution in [-0.4, -0.2) is 28.0 Å². The number of rotatable bonds is 5. The van der Waals surface area contributed by atoms with Crippen molar-refractivity contribution in [2.75, 3.05) is 0 Å². The first-order chi connectivity index (χ1) is 10.1. The van der Waals surface area contributed by atoms with Crippen molar-refractivity contribution in [1.82, 2.24) is 10.3 Å². The lowest BCUT2D eigenvalue weighted by Gasteiger charge is -2.23. The molecule has 0 bridgehead atoms. The first-order valence-electron chi connectivity index (χ1n) is 7.20. The molecule has 1 aromatic rings. The van der Waals surface area contributed by atoms with Gasteiger partial charge in [0.05, 0.1) is 0 Å². The third kappa shape index (κ3) is 4.70. The summed E-state index contributed by atoms with van der Waals surface area (Å²) in [6.07, 6.45) is 6.67. The van der Waals surface area contributed by atoms with Crippen LogP contribution in [0.4, 0.5) is 0 Å². The van der Waals surface area contributed by atoms with Crippen LogP contribution in [0.25, 0.3) is 0 Å². The molecule has 21 heavy (non-hydrogen) atoms. The molecule has 0 radical (unpaired) electrons. The van der Waals surface area contributed by atoms with Crippen molar-refractivity contribution in [2.45, 2.75) is 44.6 Å². The van der Waals surface area contributed by atoms with Crippen molar-refractivity contribution >= 4 is 23.5 Å². The van der Waals surface area contributed by atoms with Crippen molar-refractivity contribution in [3.8, 4) is 0 Å². The van der Waals surface area contributed by atoms with Crippen molar-refractivity contribution < 1.29 is 14.7 Å². The number of carboxylic acid groups (broad SMARTS) is 1. The van der Waals surface area contributed by atoms with Gasteiger partial charge in [0.2, 0.25) is 5.91 Å². The Hall–Kier alpha value is -1.62. The summed E-state index contributed by atoms with van der Waals surface area (Å²) in [6.45, 7) is 0. The van der Waals surface area contributed by atoms with E-state index in [-0.39, 0.29) is 18.2 Å². The third-order valence-electron chi connectivity index (χ3n) is 3.82. The maximum atomic E-state index is 12.1. The standard InChI is InChI=1S/C15H19ClN2O3/c16-13-7-6-10(9-17-13)8-12(15(20)21)18-14(19)11-4-2-1-3-5-11/h6-7,9,11-12H,1-5,8H2,(H,18,19)(H,20,21)/t12-/m0/s1. The van der Waals surface area contributed by atoms with Crippen LogP contribution < -0.4 is 5.32 Å². The molecule has 6 heteroatoms. The molecule has 0 spiro atoms. The molecule has 5 nitrogen and oxygen atoms in total. The number of nitrogens with zero attached hydrogens (tertiary/aromatic N) is 1. The summed E-state index contributed by atoms with van der Waals surface area (Å²) in [5.74, 6) is -1.23. The molecule has 2 N–H and O–H groups in total. The molecule has 1 saturated carbocycles. The molecule has 1 aromatic heterocycles. The van der Waals surface area contributed by atoms with Gasteiger partial charge in [-0.15, -0.1) is 0 Å². The highest BCUT2D eigenvalue weighted by molar-refractivity contribution is 6.29. The second-order valence-corrected chi connectivity index (χ2v) is 5.81. The van der Waals surface area contributed by atoms with Gasteiger partial charge in [0.15, 0.2) is 0 Å². The Kier molecular flexibility index (Phi) is 5.56. The molecular weight excluding hydrogens is 292 g/mol. The van der Waals surface area contributed by atoms with E-state index in [1.807, 2.05) is 0 Å². The van der Waals surface area contributed by atoms with Crippen molar-refractivity contribution in [1.29, 1.82) is 0 Å². The fraction of sp³-hybridized carbons (Fsp3) is 0.533. The van der Waals surface area contributed by atoms with E-state index in [4.69, 9.17) is 11.6 Å². The van der Waals surface area contributed by atoms with Gasteiger partial charge in [-0.25, -0.2) is 9.78 Å². The second kappa shape index (κ2) is 7.41. The first-order valence-corrected chi connectivity index (χ1v) is 7.57. The topological polar surface area (TPSA) is 79.3 Å². The van der Waals surface area contributed by atoms with Gasteiger partial charge in [-0.3, -0.25) is 4.79 Å². The molecule has 1 fully saturated rings. The average molecular weight is 311 g/mol. The lowest BCUT2D eigenvalue weighted by molar-refractivity contribution is -0.142. The molecule has 0 saturated heterocycles. The average Bonchev–Trinajstić information content (AvgIpc) is 2.49. The quantitative estimate of drug-likeness (QED) is 0.819. The van der Waals surface area contributed by atoms with Crippen LogP contribution in [0, 0.1) is 5.92 Å². The van der Waals surface area contributed by atoms with Gasteiger partial charge >= 0.3 is 5.97 Å². The van der Waals surface area contributed by atoms with Gasteiger partial charge in [0.25, 0.3) is 0 Å². The number of pyridine rings is 1. The molecule has 1 aliphatic rings. The zero-order valence-electron chi connectivity index (χ0n) is 11.7. The number of nitrogens with one attached hydrogen (secondary N) is 1. The Morgan fingerprint density at radius 2 is 2.05 bits per heavy atom. The fourth-order valence-corrected chi connectivity index (χ4v) is 2.73. The summed E-state index contributed by atoms with van der Waals surface area (Å²) in [5.41, 5.74) is 0.732. The van der Waals surface area contributed by atoms with Gasteiger partial charge < -0.3 is 10.4 Å². The molecule has 0 aliphatic heterocycles. The number of carbonyl (C=O) groups is 2. The van der Waals surface area contributed by atoms with Crippen LogP contribution in [0.2, 0.25) is 5.15 Å². The number of hydrogen-bond donors (Lipinski definition) is 2. The number of aromatic nitrogens is 1. The van der Waals surface area contributed by atoms with Gasteiger partial charge in [0, 0.05) is 18.5 Å². The minimum absolute atomic E-state index is 0.0519. The highest BCUT2D eigenvalue weighted by Gasteiger charge is 2.26. The van der Waals surface area contributed by atoms with E-state index in [0.717, 1.165) is 37.7 Å². The predicted octanol–water partition coefficient (Wildman–Crippen LogP) is 2.43. The van der Waals surface area contributed by atoms with E-state index in [2.05, 4.69) is 10.3 Å². The maximum absolute atomic E-state index is 12.1. The summed E-state index contributed by atoms with van der Waals surface area (Å²) >= 11 is 5.70. The Labute approximate surface area is 128 Å². The lowest BCUT2D eigenvalue weighted by Crippen LogP contribution is -2.45. The third-order valence-corrected chi connectivity index (χ3v) is 4.04. The molecule has 2 rings (SSSR count). The summed E-state index contributed by atoms with van der Waals surface area (Å²) in [7, 11) is 0. The van der Waals surface area contributed by atoms with E-state index in [0.29, 0.717) is 5.15 Å². The van der Waals surface area contributed by atoms with E-state index in [1.54, 1.807) is 12.1 Å². The van der Waals surface area contributed by atoms with Crippen LogP contribution in [0.5, 0.6) is 0 Å². The number of halogens is 1. The summed E-state index contributed by atoms with van der Waals surface area (Å²) in [4.78, 5) is 27.4. The van der Waals surface area contributed by atoms with Gasteiger partial charge in [-0.1, -0.05) is 36.9 Å². The van der Waals surface area contributed by atoms with Gasteiger partial charge in [-0.05, 0) is 24.5 Å². The van der Waals surface area contributed by atoms with Gasteiger partial charge in [0.1, 0.15) is 11.2 Å². The zero-order valence-corrected chi connectivity index (χ0v) is 12.5. The minimum atomic E-state index is -1.03. The number of aliphatic carboxylic acids is 1. The fourth-order valence-electron chi connectivity index (χ4n) is 2.62. The highest BCUT2D eigenvalue weighted by atomic mass is 35.5. The first kappa shape index (κ1) is 15.8. The molecule has 1 atom stereocenters. The zero-order chi connectivity index (χ0) is 15.2. The van der Waals surface area contributed by atoms with E-state index >= 15 is 0 Å². The Morgan fingerprint density at radius 1 is 1.33 bits per heavy atom. The molecule has 114 valence electrons. The predicted molar refractivity (Wildman–Crippen MR) is 79.1 cm³/mol. The Morgan fingerprint density at radius 3 is 2.62 bits per heavy atom. The van der Waals surface area contributed by atoms with Crippen LogP contribution in [0.15, 0.2) is 18.3 Å². The second-order valence-electron chi connectivity index (χ2n) is 5.43.